The molecule has 0 aliphatic rings. The molecule has 0 atom stereocenters. The molecule has 4 heteroatoms. The largest absolute Gasteiger partial charge is 0.396 e. The number of nitrogens with zero attached hydrogens (tertiary/aromatic N) is 1. The minimum Gasteiger partial charge on any atom is -0.396 e. The molecule has 0 unspecified atom stereocenters. The van der Waals surface area contributed by atoms with Crippen LogP contribution in [0.25, 0.3) is 0 Å². The van der Waals surface area contributed by atoms with Crippen molar-refractivity contribution in [3.05, 3.63) is 12.1 Å². The Morgan fingerprint density at radius 1 is 1.33 bits per heavy atom. The fourth-order valence-corrected chi connectivity index (χ4v) is 1.31. The summed E-state index contributed by atoms with van der Waals surface area (Å²) in [4.78, 5) is 4.13. The van der Waals surface area contributed by atoms with E-state index >= 15 is 0 Å². The van der Waals surface area contributed by atoms with Crippen LogP contribution in [0, 0.1) is 5.92 Å². The van der Waals surface area contributed by atoms with E-state index in [0.717, 1.165) is 24.7 Å². The van der Waals surface area contributed by atoms with Gasteiger partial charge in [-0.25, -0.2) is 4.98 Å². The van der Waals surface area contributed by atoms with Gasteiger partial charge in [0.15, 0.2) is 0 Å². The third-order valence-corrected chi connectivity index (χ3v) is 2.22. The lowest BCUT2D eigenvalue weighted by atomic mass is 10.1. The van der Waals surface area contributed by atoms with Crippen LogP contribution in [0.3, 0.4) is 0 Å². The van der Waals surface area contributed by atoms with Crippen molar-refractivity contribution in [2.75, 3.05) is 23.3 Å². The van der Waals surface area contributed by atoms with Gasteiger partial charge in [0, 0.05) is 6.54 Å². The topological polar surface area (TPSA) is 77.0 Å². The van der Waals surface area contributed by atoms with Crippen LogP contribution in [0.1, 0.15) is 26.7 Å². The molecule has 0 fully saturated rings. The molecule has 1 aromatic rings. The number of nitrogens with two attached hydrogens (primary N) is 2. The first kappa shape index (κ1) is 11.6. The summed E-state index contributed by atoms with van der Waals surface area (Å²) in [6.45, 7) is 5.37. The van der Waals surface area contributed by atoms with Crippen LogP contribution in [-0.2, 0) is 0 Å². The number of rotatable bonds is 5. The minimum absolute atomic E-state index is 0.392. The van der Waals surface area contributed by atoms with Crippen molar-refractivity contribution < 1.29 is 0 Å². The predicted molar refractivity (Wildman–Crippen MR) is 65.6 cm³/mol. The molecular formula is C11H20N4. The SMILES string of the molecule is CC(C)CCCNc1ccc(N)c(N)n1. The van der Waals surface area contributed by atoms with E-state index in [9.17, 15) is 0 Å². The number of nitrogen functional groups attached to an aromatic ring is 2. The second-order valence-electron chi connectivity index (χ2n) is 4.13. The Bertz CT molecular complexity index is 309. The second-order valence-corrected chi connectivity index (χ2v) is 4.13. The zero-order valence-electron chi connectivity index (χ0n) is 9.46. The third kappa shape index (κ3) is 4.06. The van der Waals surface area contributed by atoms with Gasteiger partial charge in [-0.2, -0.15) is 0 Å². The zero-order chi connectivity index (χ0) is 11.3. The number of pyridine rings is 1. The van der Waals surface area contributed by atoms with Crippen molar-refractivity contribution in [2.24, 2.45) is 5.92 Å². The first-order valence-electron chi connectivity index (χ1n) is 5.35. The van der Waals surface area contributed by atoms with Crippen LogP contribution in [0.2, 0.25) is 0 Å². The zero-order valence-corrected chi connectivity index (χ0v) is 9.46. The smallest absolute Gasteiger partial charge is 0.149 e. The van der Waals surface area contributed by atoms with Gasteiger partial charge in [-0.05, 0) is 30.9 Å². The van der Waals surface area contributed by atoms with Gasteiger partial charge in [0.1, 0.15) is 11.6 Å². The molecule has 1 heterocycles. The Balaban J connectivity index is 2.35. The molecule has 0 aliphatic heterocycles. The predicted octanol–water partition coefficient (Wildman–Crippen LogP) is 2.09. The highest BCUT2D eigenvalue weighted by molar-refractivity contribution is 5.61. The van der Waals surface area contributed by atoms with Crippen LogP contribution in [0.4, 0.5) is 17.3 Å². The average Bonchev–Trinajstić information content (AvgIpc) is 2.18. The molecule has 4 nitrogen and oxygen atoms in total. The standard InChI is InChI=1S/C11H20N4/c1-8(2)4-3-7-14-10-6-5-9(12)11(13)15-10/h5-6,8H,3-4,7,12H2,1-2H3,(H3,13,14,15). The number of anilines is 3. The van der Waals surface area contributed by atoms with E-state index in [0.29, 0.717) is 11.5 Å². The molecule has 0 amide bonds. The van der Waals surface area contributed by atoms with Gasteiger partial charge in [0.05, 0.1) is 5.69 Å². The Morgan fingerprint density at radius 2 is 2.07 bits per heavy atom. The molecular weight excluding hydrogens is 188 g/mol. The molecule has 84 valence electrons. The normalized spacial score (nSPS) is 10.6. The summed E-state index contributed by atoms with van der Waals surface area (Å²) in [5.41, 5.74) is 11.7. The van der Waals surface area contributed by atoms with Crippen LogP contribution in [0.5, 0.6) is 0 Å². The molecule has 1 rings (SSSR count). The van der Waals surface area contributed by atoms with Gasteiger partial charge in [0.2, 0.25) is 0 Å². The van der Waals surface area contributed by atoms with Crippen LogP contribution >= 0.6 is 0 Å². The highest BCUT2D eigenvalue weighted by Crippen LogP contribution is 2.14. The molecule has 0 bridgehead atoms. The lowest BCUT2D eigenvalue weighted by molar-refractivity contribution is 0.567. The number of aromatic nitrogens is 1. The van der Waals surface area contributed by atoms with Gasteiger partial charge >= 0.3 is 0 Å². The van der Waals surface area contributed by atoms with E-state index in [1.807, 2.05) is 6.07 Å². The maximum absolute atomic E-state index is 5.60. The van der Waals surface area contributed by atoms with Crippen molar-refractivity contribution in [1.82, 2.24) is 4.98 Å². The fraction of sp³-hybridized carbons (Fsp3) is 0.545. The summed E-state index contributed by atoms with van der Waals surface area (Å²) in [5, 5.41) is 3.22. The first-order chi connectivity index (χ1) is 7.09. The number of nitrogens with one attached hydrogen (secondary N) is 1. The quantitative estimate of drug-likeness (QED) is 0.647. The first-order valence-corrected chi connectivity index (χ1v) is 5.35. The molecule has 1 aromatic heterocycles. The van der Waals surface area contributed by atoms with E-state index in [4.69, 9.17) is 11.5 Å². The monoisotopic (exact) mass is 208 g/mol. The second kappa shape index (κ2) is 5.44. The Hall–Kier alpha value is -1.45. The number of hydrogen-bond donors (Lipinski definition) is 3. The van der Waals surface area contributed by atoms with Gasteiger partial charge in [-0.1, -0.05) is 13.8 Å². The van der Waals surface area contributed by atoms with E-state index in [2.05, 4.69) is 24.1 Å². The summed E-state index contributed by atoms with van der Waals surface area (Å²) in [6, 6.07) is 3.62. The average molecular weight is 208 g/mol. The van der Waals surface area contributed by atoms with Crippen molar-refractivity contribution in [1.29, 1.82) is 0 Å². The highest BCUT2D eigenvalue weighted by atomic mass is 15.0. The summed E-state index contributed by atoms with van der Waals surface area (Å²) < 4.78 is 0. The molecule has 0 aliphatic carbocycles. The van der Waals surface area contributed by atoms with E-state index < -0.39 is 0 Å². The van der Waals surface area contributed by atoms with Gasteiger partial charge in [0.25, 0.3) is 0 Å². The lowest BCUT2D eigenvalue weighted by Crippen LogP contribution is -2.06. The Morgan fingerprint density at radius 3 is 2.67 bits per heavy atom. The summed E-state index contributed by atoms with van der Waals surface area (Å²) in [6.07, 6.45) is 2.36. The van der Waals surface area contributed by atoms with Crippen LogP contribution in [0.15, 0.2) is 12.1 Å². The highest BCUT2D eigenvalue weighted by Gasteiger charge is 1.98. The van der Waals surface area contributed by atoms with Gasteiger partial charge in [-0.15, -0.1) is 0 Å². The molecule has 0 radical (unpaired) electrons. The van der Waals surface area contributed by atoms with Crippen molar-refractivity contribution in [3.8, 4) is 0 Å². The molecule has 0 saturated heterocycles. The molecule has 0 saturated carbocycles. The summed E-state index contributed by atoms with van der Waals surface area (Å²) in [7, 11) is 0. The van der Waals surface area contributed by atoms with E-state index in [-0.39, 0.29) is 0 Å². The summed E-state index contributed by atoms with van der Waals surface area (Å²) in [5.74, 6) is 1.94. The van der Waals surface area contributed by atoms with E-state index in [1.165, 1.54) is 6.42 Å². The third-order valence-electron chi connectivity index (χ3n) is 2.22. The molecule has 0 spiro atoms. The summed E-state index contributed by atoms with van der Waals surface area (Å²) >= 11 is 0. The fourth-order valence-electron chi connectivity index (χ4n) is 1.31. The molecule has 5 N–H and O–H groups in total. The maximum atomic E-state index is 5.60. The van der Waals surface area contributed by atoms with Crippen molar-refractivity contribution in [3.63, 3.8) is 0 Å². The molecule has 15 heavy (non-hydrogen) atoms. The van der Waals surface area contributed by atoms with Gasteiger partial charge in [-0.3, -0.25) is 0 Å². The van der Waals surface area contributed by atoms with Crippen LogP contribution < -0.4 is 16.8 Å². The minimum atomic E-state index is 0.392. The van der Waals surface area contributed by atoms with Crippen molar-refractivity contribution >= 4 is 17.3 Å². The lowest BCUT2D eigenvalue weighted by Gasteiger charge is -2.08. The number of hydrogen-bond acceptors (Lipinski definition) is 4. The Kier molecular flexibility index (Phi) is 4.21. The molecule has 0 aromatic carbocycles. The van der Waals surface area contributed by atoms with Gasteiger partial charge < -0.3 is 16.8 Å². The maximum Gasteiger partial charge on any atom is 0.149 e. The van der Waals surface area contributed by atoms with Crippen LogP contribution in [-0.4, -0.2) is 11.5 Å². The van der Waals surface area contributed by atoms with Crippen molar-refractivity contribution in [2.45, 2.75) is 26.7 Å². The van der Waals surface area contributed by atoms with E-state index in [1.54, 1.807) is 6.07 Å². The Labute approximate surface area is 91.1 Å².